The van der Waals surface area contributed by atoms with Gasteiger partial charge >= 0.3 is 24.2 Å². The van der Waals surface area contributed by atoms with E-state index >= 15 is 0 Å². The van der Waals surface area contributed by atoms with Gasteiger partial charge in [-0.05, 0) is 43.7 Å². The average Bonchev–Trinajstić information content (AvgIpc) is 3.69. The standard InChI is InChI=1S/C23H22FN5O5.C2HF3O2/c1-13-27-28-21(33-13)19-7-4-14(10-26-19)17-6-5-15(9-18(17)24)29-11-16(34-23(29)31)12-32-22(30)20-3-2-8-25-20;3-2(4,5)1(6)7/h4-7,9-10,16,20,25H,2-3,8,11-12H2,1H3;(H,6,7)/t16-,20+;/m1./s1. The minimum atomic E-state index is -5.08. The third-order valence-corrected chi connectivity index (χ3v) is 5.96. The number of aliphatic carboxylic acids is 1. The second-order valence-electron chi connectivity index (χ2n) is 8.92. The fourth-order valence-electron chi connectivity index (χ4n) is 3.97. The number of pyridine rings is 1. The van der Waals surface area contributed by atoms with Crippen LogP contribution in [0.2, 0.25) is 0 Å². The first-order valence-corrected chi connectivity index (χ1v) is 12.2. The number of aromatic nitrogens is 3. The highest BCUT2D eigenvalue weighted by Gasteiger charge is 2.38. The molecule has 218 valence electrons. The molecule has 0 aliphatic carbocycles. The van der Waals surface area contributed by atoms with Gasteiger partial charge in [0.15, 0.2) is 6.10 Å². The fraction of sp³-hybridized carbons (Fsp3) is 0.360. The van der Waals surface area contributed by atoms with Crippen LogP contribution in [0.15, 0.2) is 40.9 Å². The highest BCUT2D eigenvalue weighted by molar-refractivity contribution is 5.90. The van der Waals surface area contributed by atoms with Crippen molar-refractivity contribution in [1.29, 1.82) is 0 Å². The zero-order chi connectivity index (χ0) is 29.7. The summed E-state index contributed by atoms with van der Waals surface area (Å²) in [5.41, 5.74) is 1.71. The van der Waals surface area contributed by atoms with E-state index in [9.17, 15) is 27.2 Å². The van der Waals surface area contributed by atoms with E-state index in [0.29, 0.717) is 28.4 Å². The summed E-state index contributed by atoms with van der Waals surface area (Å²) < 4.78 is 62.6. The first-order chi connectivity index (χ1) is 19.4. The number of amides is 1. The molecule has 0 spiro atoms. The van der Waals surface area contributed by atoms with E-state index in [4.69, 9.17) is 23.8 Å². The first-order valence-electron chi connectivity index (χ1n) is 12.2. The predicted molar refractivity (Wildman–Crippen MR) is 131 cm³/mol. The average molecular weight is 581 g/mol. The smallest absolute Gasteiger partial charge is 0.475 e. The second kappa shape index (κ2) is 12.3. The maximum Gasteiger partial charge on any atom is 0.490 e. The van der Waals surface area contributed by atoms with Gasteiger partial charge in [-0.15, -0.1) is 10.2 Å². The molecule has 0 saturated carbocycles. The van der Waals surface area contributed by atoms with Crippen molar-refractivity contribution in [3.8, 4) is 22.7 Å². The molecule has 0 radical (unpaired) electrons. The lowest BCUT2D eigenvalue weighted by Gasteiger charge is -2.15. The van der Waals surface area contributed by atoms with Crippen LogP contribution < -0.4 is 10.2 Å². The number of ether oxygens (including phenoxy) is 2. The van der Waals surface area contributed by atoms with E-state index < -0.39 is 30.2 Å². The number of nitrogens with zero attached hydrogens (tertiary/aromatic N) is 4. The monoisotopic (exact) mass is 581 g/mol. The van der Waals surface area contributed by atoms with Crippen molar-refractivity contribution in [1.82, 2.24) is 20.5 Å². The topological polar surface area (TPSA) is 157 Å². The number of benzene rings is 1. The van der Waals surface area contributed by atoms with Crippen molar-refractivity contribution in [2.24, 2.45) is 0 Å². The van der Waals surface area contributed by atoms with E-state index in [0.717, 1.165) is 19.4 Å². The van der Waals surface area contributed by atoms with E-state index in [1.54, 1.807) is 31.2 Å². The van der Waals surface area contributed by atoms with Gasteiger partial charge in [-0.2, -0.15) is 13.2 Å². The Morgan fingerprint density at radius 3 is 2.54 bits per heavy atom. The number of carboxylic acid groups (broad SMARTS) is 1. The Hall–Kier alpha value is -4.60. The Kier molecular flexibility index (Phi) is 8.80. The van der Waals surface area contributed by atoms with Gasteiger partial charge in [0, 0.05) is 24.2 Å². The highest BCUT2D eigenvalue weighted by Crippen LogP contribution is 2.30. The van der Waals surface area contributed by atoms with Crippen LogP contribution in [0.4, 0.5) is 28.0 Å². The van der Waals surface area contributed by atoms with Gasteiger partial charge in [-0.3, -0.25) is 14.7 Å². The van der Waals surface area contributed by atoms with Crippen LogP contribution in [-0.4, -0.2) is 76.3 Å². The minimum Gasteiger partial charge on any atom is -0.475 e. The summed E-state index contributed by atoms with van der Waals surface area (Å²) >= 11 is 0. The Bertz CT molecular complexity index is 1410. The van der Waals surface area contributed by atoms with E-state index in [2.05, 4.69) is 20.5 Å². The van der Waals surface area contributed by atoms with Crippen molar-refractivity contribution < 1.29 is 50.9 Å². The summed E-state index contributed by atoms with van der Waals surface area (Å²) in [7, 11) is 0. The molecule has 1 amide bonds. The maximum absolute atomic E-state index is 14.9. The Morgan fingerprint density at radius 2 is 1.98 bits per heavy atom. The number of rotatable bonds is 6. The molecule has 4 heterocycles. The van der Waals surface area contributed by atoms with E-state index in [-0.39, 0.29) is 31.1 Å². The number of nitrogens with one attached hydrogen (secondary N) is 1. The number of carbonyl (C=O) groups is 3. The molecule has 5 rings (SSSR count). The minimum absolute atomic E-state index is 0.0442. The summed E-state index contributed by atoms with van der Waals surface area (Å²) in [6.07, 6.45) is -3.15. The molecule has 2 aliphatic heterocycles. The van der Waals surface area contributed by atoms with E-state index in [1.165, 1.54) is 17.2 Å². The van der Waals surface area contributed by atoms with Crippen LogP contribution in [0.1, 0.15) is 18.7 Å². The number of aryl methyl sites for hydroxylation is 1. The van der Waals surface area contributed by atoms with Gasteiger partial charge in [0.25, 0.3) is 5.89 Å². The normalized spacial score (nSPS) is 18.5. The molecule has 2 aromatic heterocycles. The zero-order valence-corrected chi connectivity index (χ0v) is 21.4. The second-order valence-corrected chi connectivity index (χ2v) is 8.92. The van der Waals surface area contributed by atoms with Crippen molar-refractivity contribution in [2.45, 2.75) is 38.1 Å². The Labute approximate surface area is 229 Å². The number of carbonyl (C=O) groups excluding carboxylic acids is 2. The van der Waals surface area contributed by atoms with Crippen LogP contribution in [-0.2, 0) is 19.1 Å². The third kappa shape index (κ3) is 7.33. The lowest BCUT2D eigenvalue weighted by atomic mass is 10.1. The molecule has 2 N–H and O–H groups in total. The summed E-state index contributed by atoms with van der Waals surface area (Å²) in [5.74, 6) is -2.92. The first kappa shape index (κ1) is 29.4. The summed E-state index contributed by atoms with van der Waals surface area (Å²) in [5, 5.41) is 17.9. The van der Waals surface area contributed by atoms with Gasteiger partial charge in [0.05, 0.1) is 12.2 Å². The Balaban J connectivity index is 0.000000493. The summed E-state index contributed by atoms with van der Waals surface area (Å²) in [6.45, 7) is 2.58. The predicted octanol–water partition coefficient (Wildman–Crippen LogP) is 3.50. The summed E-state index contributed by atoms with van der Waals surface area (Å²) in [6, 6.07) is 7.53. The van der Waals surface area contributed by atoms with Crippen molar-refractivity contribution in [3.05, 3.63) is 48.2 Å². The molecule has 2 fully saturated rings. The molecular weight excluding hydrogens is 558 g/mol. The van der Waals surface area contributed by atoms with Crippen LogP contribution in [0, 0.1) is 12.7 Å². The van der Waals surface area contributed by atoms with Crippen molar-refractivity contribution >= 4 is 23.7 Å². The number of anilines is 1. The van der Waals surface area contributed by atoms with Gasteiger partial charge in [0.1, 0.15) is 24.2 Å². The number of alkyl halides is 3. The van der Waals surface area contributed by atoms with Crippen molar-refractivity contribution in [3.63, 3.8) is 0 Å². The molecular formula is C25H23F4N5O7. The van der Waals surface area contributed by atoms with Gasteiger partial charge in [-0.25, -0.2) is 14.0 Å². The molecule has 1 aromatic carbocycles. The van der Waals surface area contributed by atoms with E-state index in [1.807, 2.05) is 0 Å². The number of halogens is 4. The number of esters is 1. The lowest BCUT2D eigenvalue weighted by Crippen LogP contribution is -2.35. The number of hydrogen-bond acceptors (Lipinski definition) is 10. The number of carboxylic acids is 1. The lowest BCUT2D eigenvalue weighted by molar-refractivity contribution is -0.192. The van der Waals surface area contributed by atoms with Gasteiger partial charge < -0.3 is 24.3 Å². The molecule has 41 heavy (non-hydrogen) atoms. The quantitative estimate of drug-likeness (QED) is 0.324. The van der Waals surface area contributed by atoms with Gasteiger partial charge in [0.2, 0.25) is 5.89 Å². The third-order valence-electron chi connectivity index (χ3n) is 5.96. The number of hydrogen-bond donors (Lipinski definition) is 2. The molecule has 3 aromatic rings. The Morgan fingerprint density at radius 1 is 1.22 bits per heavy atom. The SMILES string of the molecule is Cc1nnc(-c2ccc(-c3ccc(N4C[C@H](COC(=O)[C@@H]5CCCN5)OC4=O)cc3F)cn2)o1.O=C(O)C(F)(F)F. The van der Waals surface area contributed by atoms with Gasteiger partial charge in [-0.1, -0.05) is 6.07 Å². The van der Waals surface area contributed by atoms with Crippen LogP contribution in [0.5, 0.6) is 0 Å². The molecule has 0 unspecified atom stereocenters. The van der Waals surface area contributed by atoms with Crippen LogP contribution in [0.25, 0.3) is 22.7 Å². The fourth-order valence-corrected chi connectivity index (χ4v) is 3.97. The molecule has 12 nitrogen and oxygen atoms in total. The molecule has 2 saturated heterocycles. The molecule has 0 bridgehead atoms. The van der Waals surface area contributed by atoms with Crippen molar-refractivity contribution in [2.75, 3.05) is 24.6 Å². The molecule has 16 heteroatoms. The largest absolute Gasteiger partial charge is 0.490 e. The van der Waals surface area contributed by atoms with Crippen LogP contribution in [0.3, 0.4) is 0 Å². The highest BCUT2D eigenvalue weighted by atomic mass is 19.4. The number of cyclic esters (lactones) is 1. The van der Waals surface area contributed by atoms with Crippen LogP contribution >= 0.6 is 0 Å². The zero-order valence-electron chi connectivity index (χ0n) is 21.4. The molecule has 2 aliphatic rings. The summed E-state index contributed by atoms with van der Waals surface area (Å²) in [4.78, 5) is 38.9. The maximum atomic E-state index is 14.9. The molecule has 2 atom stereocenters.